The van der Waals surface area contributed by atoms with E-state index in [1.165, 1.54) is 18.2 Å². The van der Waals surface area contributed by atoms with E-state index in [4.69, 9.17) is 4.74 Å². The van der Waals surface area contributed by atoms with Crippen LogP contribution in [0.4, 0.5) is 0 Å². The first-order chi connectivity index (χ1) is 7.45. The van der Waals surface area contributed by atoms with Crippen molar-refractivity contribution in [2.75, 3.05) is 6.61 Å². The summed E-state index contributed by atoms with van der Waals surface area (Å²) < 4.78 is 37.1. The number of ether oxygens (including phenoxy) is 1. The van der Waals surface area contributed by atoms with Gasteiger partial charge in [0.05, 0.1) is 6.61 Å². The van der Waals surface area contributed by atoms with E-state index in [-0.39, 0.29) is 35.1 Å². The zero-order valence-corrected chi connectivity index (χ0v) is 12.6. The van der Waals surface area contributed by atoms with E-state index >= 15 is 0 Å². The molecule has 90 valence electrons. The van der Waals surface area contributed by atoms with E-state index in [1.54, 1.807) is 6.07 Å². The molecule has 0 spiro atoms. The second kappa shape index (κ2) is 7.35. The summed E-state index contributed by atoms with van der Waals surface area (Å²) in [6.45, 7) is 2.42. The maximum Gasteiger partial charge on any atom is 1.00 e. The SMILES string of the molecule is CCCOc1cccc(C(O)S(=O)(=O)[O-])c1.[Na+]. The Balaban J connectivity index is 0.00000256. The van der Waals surface area contributed by atoms with Crippen molar-refractivity contribution < 1.29 is 52.4 Å². The fourth-order valence-electron chi connectivity index (χ4n) is 1.14. The molecule has 0 saturated heterocycles. The second-order valence-corrected chi connectivity index (χ2v) is 4.70. The standard InChI is InChI=1S/C10H14O5S.Na/c1-2-6-15-9-5-3-4-8(7-9)10(11)16(12,13)14;/h3-5,7,10-11H,2,6H2,1H3,(H,12,13,14);/q;+1/p-1. The van der Waals surface area contributed by atoms with Gasteiger partial charge in [-0.15, -0.1) is 0 Å². The number of hydrogen-bond donors (Lipinski definition) is 1. The van der Waals surface area contributed by atoms with Gasteiger partial charge in [0.15, 0.2) is 5.44 Å². The summed E-state index contributed by atoms with van der Waals surface area (Å²) in [5, 5.41) is 9.25. The first kappa shape index (κ1) is 16.9. The fraction of sp³-hybridized carbons (Fsp3) is 0.400. The van der Waals surface area contributed by atoms with E-state index < -0.39 is 15.6 Å². The van der Waals surface area contributed by atoms with Gasteiger partial charge in [-0.05, 0) is 24.1 Å². The van der Waals surface area contributed by atoms with Gasteiger partial charge < -0.3 is 14.4 Å². The zero-order chi connectivity index (χ0) is 12.2. The molecule has 0 amide bonds. The Labute approximate surface area is 123 Å². The first-order valence-corrected chi connectivity index (χ1v) is 6.28. The Morgan fingerprint density at radius 2 is 2.12 bits per heavy atom. The number of rotatable bonds is 5. The minimum Gasteiger partial charge on any atom is -0.746 e. The summed E-state index contributed by atoms with van der Waals surface area (Å²) in [4.78, 5) is 0. The maximum absolute atomic E-state index is 10.6. The molecular formula is C10H13NaO5S. The Morgan fingerprint density at radius 1 is 1.47 bits per heavy atom. The predicted octanol–water partition coefficient (Wildman–Crippen LogP) is -1.98. The summed E-state index contributed by atoms with van der Waals surface area (Å²) in [7, 11) is -4.74. The van der Waals surface area contributed by atoms with Gasteiger partial charge in [-0.3, -0.25) is 0 Å². The molecule has 17 heavy (non-hydrogen) atoms. The summed E-state index contributed by atoms with van der Waals surface area (Å²) in [6, 6.07) is 5.85. The van der Waals surface area contributed by atoms with Crippen molar-refractivity contribution in [3.05, 3.63) is 29.8 Å². The third-order valence-corrected chi connectivity index (χ3v) is 2.71. The van der Waals surface area contributed by atoms with Crippen LogP contribution in [0.3, 0.4) is 0 Å². The van der Waals surface area contributed by atoms with Crippen LogP contribution >= 0.6 is 0 Å². The third-order valence-electron chi connectivity index (χ3n) is 1.89. The van der Waals surface area contributed by atoms with Crippen LogP contribution in [0.1, 0.15) is 24.3 Å². The molecule has 0 fully saturated rings. The van der Waals surface area contributed by atoms with Crippen molar-refractivity contribution in [3.8, 4) is 5.75 Å². The molecule has 0 aromatic heterocycles. The molecule has 5 nitrogen and oxygen atoms in total. The second-order valence-electron chi connectivity index (χ2n) is 3.27. The van der Waals surface area contributed by atoms with Crippen molar-refractivity contribution in [2.24, 2.45) is 0 Å². The monoisotopic (exact) mass is 268 g/mol. The minimum absolute atomic E-state index is 0. The molecule has 0 heterocycles. The van der Waals surface area contributed by atoms with Crippen LogP contribution in [0.25, 0.3) is 0 Å². The number of benzene rings is 1. The van der Waals surface area contributed by atoms with Crippen molar-refractivity contribution in [3.63, 3.8) is 0 Å². The molecular weight excluding hydrogens is 255 g/mol. The zero-order valence-electron chi connectivity index (χ0n) is 9.79. The average Bonchev–Trinajstić information content (AvgIpc) is 2.24. The quantitative estimate of drug-likeness (QED) is 0.494. The Bertz CT molecular complexity index is 446. The van der Waals surface area contributed by atoms with E-state index in [0.717, 1.165) is 6.42 Å². The molecule has 1 N–H and O–H groups in total. The van der Waals surface area contributed by atoms with Crippen LogP contribution < -0.4 is 34.3 Å². The number of hydrogen-bond acceptors (Lipinski definition) is 5. The van der Waals surface area contributed by atoms with Crippen molar-refractivity contribution in [1.29, 1.82) is 0 Å². The van der Waals surface area contributed by atoms with E-state index in [9.17, 15) is 18.1 Å². The maximum atomic E-state index is 10.6. The van der Waals surface area contributed by atoms with Gasteiger partial charge in [0.2, 0.25) is 0 Å². The van der Waals surface area contributed by atoms with Gasteiger partial charge >= 0.3 is 29.6 Å². The fourth-order valence-corrected chi connectivity index (χ4v) is 1.62. The molecule has 1 aromatic rings. The van der Waals surface area contributed by atoms with E-state index in [2.05, 4.69) is 0 Å². The van der Waals surface area contributed by atoms with Crippen LogP contribution in [0.2, 0.25) is 0 Å². The molecule has 0 aliphatic carbocycles. The molecule has 0 radical (unpaired) electrons. The van der Waals surface area contributed by atoms with E-state index in [0.29, 0.717) is 12.4 Å². The van der Waals surface area contributed by atoms with Crippen LogP contribution in [-0.2, 0) is 10.1 Å². The molecule has 0 saturated carbocycles. The molecule has 1 atom stereocenters. The molecule has 1 aromatic carbocycles. The van der Waals surface area contributed by atoms with Gasteiger partial charge in [-0.2, -0.15) is 0 Å². The largest absolute Gasteiger partial charge is 1.00 e. The Hall–Kier alpha value is -0.110. The molecule has 7 heteroatoms. The summed E-state index contributed by atoms with van der Waals surface area (Å²) in [6.07, 6.45) is 0.812. The average molecular weight is 268 g/mol. The Morgan fingerprint density at radius 3 is 2.65 bits per heavy atom. The summed E-state index contributed by atoms with van der Waals surface area (Å²) >= 11 is 0. The first-order valence-electron chi connectivity index (χ1n) is 4.80. The van der Waals surface area contributed by atoms with Crippen molar-refractivity contribution in [2.45, 2.75) is 18.8 Å². The summed E-state index contributed by atoms with van der Waals surface area (Å²) in [5.74, 6) is 0.432. The molecule has 0 aliphatic heterocycles. The van der Waals surface area contributed by atoms with Gasteiger partial charge in [0, 0.05) is 0 Å². The topological polar surface area (TPSA) is 86.7 Å². The normalized spacial score (nSPS) is 12.6. The van der Waals surface area contributed by atoms with Crippen LogP contribution in [0.5, 0.6) is 5.75 Å². The van der Waals surface area contributed by atoms with Crippen molar-refractivity contribution in [1.82, 2.24) is 0 Å². The summed E-state index contributed by atoms with van der Waals surface area (Å²) in [5.41, 5.74) is -2.03. The number of aliphatic hydroxyl groups is 1. The van der Waals surface area contributed by atoms with Gasteiger partial charge in [-0.25, -0.2) is 8.42 Å². The molecule has 1 rings (SSSR count). The van der Waals surface area contributed by atoms with E-state index in [1.807, 2.05) is 6.92 Å². The number of aliphatic hydroxyl groups excluding tert-OH is 1. The van der Waals surface area contributed by atoms with Crippen molar-refractivity contribution >= 4 is 10.1 Å². The van der Waals surface area contributed by atoms with Gasteiger partial charge in [-0.1, -0.05) is 19.1 Å². The van der Waals surface area contributed by atoms with Crippen LogP contribution in [0.15, 0.2) is 24.3 Å². The van der Waals surface area contributed by atoms with Gasteiger partial charge in [0.25, 0.3) is 0 Å². The molecule has 0 aliphatic rings. The van der Waals surface area contributed by atoms with Crippen LogP contribution in [-0.4, -0.2) is 24.7 Å². The van der Waals surface area contributed by atoms with Gasteiger partial charge in [0.1, 0.15) is 15.9 Å². The molecule has 1 unspecified atom stereocenters. The third kappa shape index (κ3) is 5.37. The predicted molar refractivity (Wildman–Crippen MR) is 56.9 cm³/mol. The smallest absolute Gasteiger partial charge is 0.746 e. The molecule has 0 bridgehead atoms. The minimum atomic E-state index is -4.74. The van der Waals surface area contributed by atoms with Crippen LogP contribution in [0, 0.1) is 0 Å². The Kier molecular flexibility index (Phi) is 7.30.